The Morgan fingerprint density at radius 2 is 1.93 bits per heavy atom. The standard InChI is InChI=1S/C21H21NO4S/c1-14-10-18(15(2)22(14)12-16-4-3-7-24-16)19(23)13-27-17-5-6-20-21(11-17)26-9-8-25-20/h3-7,10-11H,8-9,12-13H2,1-2H3. The van der Waals surface area contributed by atoms with Gasteiger partial charge in [0.2, 0.25) is 0 Å². The van der Waals surface area contributed by atoms with Crippen molar-refractivity contribution in [2.24, 2.45) is 0 Å². The van der Waals surface area contributed by atoms with Crippen molar-refractivity contribution >= 4 is 17.5 Å². The Morgan fingerprint density at radius 1 is 1.11 bits per heavy atom. The lowest BCUT2D eigenvalue weighted by Crippen LogP contribution is -2.15. The van der Waals surface area contributed by atoms with E-state index in [1.165, 1.54) is 11.8 Å². The number of aromatic nitrogens is 1. The third-order valence-electron chi connectivity index (χ3n) is 4.65. The largest absolute Gasteiger partial charge is 0.486 e. The number of rotatable bonds is 6. The molecule has 0 bridgehead atoms. The normalized spacial score (nSPS) is 13.0. The van der Waals surface area contributed by atoms with E-state index in [1.54, 1.807) is 6.26 Å². The predicted molar refractivity (Wildman–Crippen MR) is 104 cm³/mol. The Kier molecular flexibility index (Phi) is 4.99. The monoisotopic (exact) mass is 383 g/mol. The number of nitrogens with zero attached hydrogens (tertiary/aromatic N) is 1. The number of fused-ring (bicyclic) bond motifs is 1. The van der Waals surface area contributed by atoms with Gasteiger partial charge in [-0.2, -0.15) is 0 Å². The second-order valence-corrected chi connectivity index (χ2v) is 7.52. The minimum absolute atomic E-state index is 0.119. The first-order valence-corrected chi connectivity index (χ1v) is 9.85. The molecule has 0 saturated heterocycles. The van der Waals surface area contributed by atoms with Gasteiger partial charge in [0.15, 0.2) is 17.3 Å². The summed E-state index contributed by atoms with van der Waals surface area (Å²) >= 11 is 1.51. The molecule has 0 amide bonds. The minimum Gasteiger partial charge on any atom is -0.486 e. The first kappa shape index (κ1) is 17.8. The summed E-state index contributed by atoms with van der Waals surface area (Å²) in [7, 11) is 0. The van der Waals surface area contributed by atoms with E-state index in [0.717, 1.165) is 39.1 Å². The number of ether oxygens (including phenoxy) is 2. The van der Waals surface area contributed by atoms with E-state index < -0.39 is 0 Å². The third kappa shape index (κ3) is 3.76. The van der Waals surface area contributed by atoms with Gasteiger partial charge in [0.05, 0.1) is 18.6 Å². The molecule has 0 unspecified atom stereocenters. The Labute approximate surface area is 162 Å². The molecule has 4 rings (SSSR count). The fourth-order valence-corrected chi connectivity index (χ4v) is 4.03. The van der Waals surface area contributed by atoms with Crippen LogP contribution in [0, 0.1) is 13.8 Å². The van der Waals surface area contributed by atoms with Crippen molar-refractivity contribution in [2.75, 3.05) is 19.0 Å². The maximum Gasteiger partial charge on any atom is 0.174 e. The second kappa shape index (κ2) is 7.56. The second-order valence-electron chi connectivity index (χ2n) is 6.47. The van der Waals surface area contributed by atoms with Crippen LogP contribution in [0.15, 0.2) is 52.0 Å². The number of benzene rings is 1. The number of thioether (sulfide) groups is 1. The molecule has 0 spiro atoms. The Balaban J connectivity index is 1.45. The molecule has 3 aromatic rings. The smallest absolute Gasteiger partial charge is 0.174 e. The highest BCUT2D eigenvalue weighted by molar-refractivity contribution is 8.00. The summed E-state index contributed by atoms with van der Waals surface area (Å²) in [5, 5.41) is 0. The van der Waals surface area contributed by atoms with Crippen LogP contribution >= 0.6 is 11.8 Å². The van der Waals surface area contributed by atoms with E-state index in [-0.39, 0.29) is 5.78 Å². The Bertz CT molecular complexity index is 959. The average Bonchev–Trinajstić information content (AvgIpc) is 3.30. The summed E-state index contributed by atoms with van der Waals surface area (Å²) in [5.74, 6) is 2.88. The van der Waals surface area contributed by atoms with E-state index in [9.17, 15) is 4.79 Å². The first-order valence-electron chi connectivity index (χ1n) is 8.86. The van der Waals surface area contributed by atoms with E-state index in [4.69, 9.17) is 13.9 Å². The molecule has 0 atom stereocenters. The van der Waals surface area contributed by atoms with Crippen molar-refractivity contribution < 1.29 is 18.7 Å². The van der Waals surface area contributed by atoms with Gasteiger partial charge in [-0.1, -0.05) is 0 Å². The van der Waals surface area contributed by atoms with Crippen molar-refractivity contribution in [1.29, 1.82) is 0 Å². The summed E-state index contributed by atoms with van der Waals surface area (Å²) in [6.07, 6.45) is 1.67. The molecule has 1 aliphatic rings. The Morgan fingerprint density at radius 3 is 2.70 bits per heavy atom. The molecule has 27 heavy (non-hydrogen) atoms. The lowest BCUT2D eigenvalue weighted by molar-refractivity contribution is 0.102. The fourth-order valence-electron chi connectivity index (χ4n) is 3.23. The van der Waals surface area contributed by atoms with Gasteiger partial charge in [0, 0.05) is 21.8 Å². The first-order chi connectivity index (χ1) is 13.1. The lowest BCUT2D eigenvalue weighted by Gasteiger charge is -2.18. The van der Waals surface area contributed by atoms with Gasteiger partial charge in [-0.05, 0) is 50.2 Å². The van der Waals surface area contributed by atoms with Crippen LogP contribution in [-0.4, -0.2) is 29.3 Å². The molecule has 0 radical (unpaired) electrons. The molecule has 1 aromatic carbocycles. The van der Waals surface area contributed by atoms with Gasteiger partial charge in [-0.25, -0.2) is 0 Å². The van der Waals surface area contributed by atoms with Crippen molar-refractivity contribution in [3.63, 3.8) is 0 Å². The van der Waals surface area contributed by atoms with Crippen molar-refractivity contribution in [2.45, 2.75) is 25.3 Å². The van der Waals surface area contributed by atoms with Crippen LogP contribution in [0.25, 0.3) is 0 Å². The quantitative estimate of drug-likeness (QED) is 0.464. The summed E-state index contributed by atoms with van der Waals surface area (Å²) in [6, 6.07) is 11.6. The minimum atomic E-state index is 0.119. The number of carbonyl (C=O) groups excluding carboxylic acids is 1. The summed E-state index contributed by atoms with van der Waals surface area (Å²) < 4.78 is 18.7. The molecule has 3 heterocycles. The SMILES string of the molecule is Cc1cc(C(=O)CSc2ccc3c(c2)OCCO3)c(C)n1Cc1ccco1. The molecule has 1 aliphatic heterocycles. The zero-order chi connectivity index (χ0) is 18.8. The molecular weight excluding hydrogens is 362 g/mol. The van der Waals surface area contributed by atoms with Crippen molar-refractivity contribution in [1.82, 2.24) is 4.57 Å². The average molecular weight is 383 g/mol. The third-order valence-corrected chi connectivity index (χ3v) is 5.65. The van der Waals surface area contributed by atoms with Crippen LogP contribution in [-0.2, 0) is 6.54 Å². The summed E-state index contributed by atoms with van der Waals surface area (Å²) in [4.78, 5) is 13.8. The van der Waals surface area contributed by atoms with Crippen LogP contribution in [0.1, 0.15) is 27.5 Å². The topological polar surface area (TPSA) is 53.6 Å². The number of aryl methyl sites for hydroxylation is 1. The lowest BCUT2D eigenvalue weighted by atomic mass is 10.2. The molecule has 5 nitrogen and oxygen atoms in total. The number of furan rings is 1. The highest BCUT2D eigenvalue weighted by atomic mass is 32.2. The van der Waals surface area contributed by atoms with Gasteiger partial charge in [0.1, 0.15) is 19.0 Å². The summed E-state index contributed by atoms with van der Waals surface area (Å²) in [6.45, 7) is 5.76. The number of ketones is 1. The van der Waals surface area contributed by atoms with E-state index >= 15 is 0 Å². The molecular formula is C21H21NO4S. The van der Waals surface area contributed by atoms with Crippen LogP contribution in [0.5, 0.6) is 11.5 Å². The van der Waals surface area contributed by atoms with E-state index in [2.05, 4.69) is 4.57 Å². The van der Waals surface area contributed by atoms with Crippen LogP contribution in [0.3, 0.4) is 0 Å². The van der Waals surface area contributed by atoms with Gasteiger partial charge in [-0.3, -0.25) is 4.79 Å². The van der Waals surface area contributed by atoms with Crippen LogP contribution < -0.4 is 9.47 Å². The zero-order valence-corrected chi connectivity index (χ0v) is 16.2. The molecule has 2 aromatic heterocycles. The maximum absolute atomic E-state index is 12.8. The molecule has 0 fully saturated rings. The molecule has 140 valence electrons. The van der Waals surface area contributed by atoms with Gasteiger partial charge in [0.25, 0.3) is 0 Å². The number of hydrogen-bond acceptors (Lipinski definition) is 5. The highest BCUT2D eigenvalue weighted by Crippen LogP contribution is 2.34. The van der Waals surface area contributed by atoms with Crippen molar-refractivity contribution in [3.05, 3.63) is 65.4 Å². The molecule has 0 saturated carbocycles. The molecule has 0 N–H and O–H groups in total. The van der Waals surface area contributed by atoms with Gasteiger partial charge in [-0.15, -0.1) is 11.8 Å². The van der Waals surface area contributed by atoms with Gasteiger partial charge >= 0.3 is 0 Å². The van der Waals surface area contributed by atoms with E-state index in [1.807, 2.05) is 50.2 Å². The fraction of sp³-hybridized carbons (Fsp3) is 0.286. The number of hydrogen-bond donors (Lipinski definition) is 0. The van der Waals surface area contributed by atoms with Crippen LogP contribution in [0.2, 0.25) is 0 Å². The maximum atomic E-state index is 12.8. The predicted octanol–water partition coefficient (Wildman–Crippen LogP) is 4.49. The highest BCUT2D eigenvalue weighted by Gasteiger charge is 2.18. The molecule has 6 heteroatoms. The van der Waals surface area contributed by atoms with Crippen LogP contribution in [0.4, 0.5) is 0 Å². The van der Waals surface area contributed by atoms with E-state index in [0.29, 0.717) is 25.5 Å². The number of carbonyl (C=O) groups is 1. The van der Waals surface area contributed by atoms with Gasteiger partial charge < -0.3 is 18.5 Å². The summed E-state index contributed by atoms with van der Waals surface area (Å²) in [5.41, 5.74) is 2.79. The zero-order valence-electron chi connectivity index (χ0n) is 15.4. The van der Waals surface area contributed by atoms with Crippen molar-refractivity contribution in [3.8, 4) is 11.5 Å². The Hall–Kier alpha value is -2.60. The molecule has 0 aliphatic carbocycles. The number of Topliss-reactive ketones (excluding diaryl/α,β-unsaturated/α-hetero) is 1.